The van der Waals surface area contributed by atoms with Gasteiger partial charge in [0.15, 0.2) is 5.96 Å². The molecule has 0 radical (unpaired) electrons. The number of methoxy groups -OCH3 is 1. The maximum atomic E-state index is 12.2. The van der Waals surface area contributed by atoms with Gasteiger partial charge in [-0.25, -0.2) is 4.99 Å². The number of guanidine groups is 1. The predicted octanol–water partition coefficient (Wildman–Crippen LogP) is 3.44. The SMILES string of the molecule is CCNC(=NCc1ccc(C)cc1OCCCOC)NCCCF.I. The van der Waals surface area contributed by atoms with Crippen molar-refractivity contribution in [3.8, 4) is 5.75 Å². The highest BCUT2D eigenvalue weighted by Gasteiger charge is 2.05. The highest BCUT2D eigenvalue weighted by atomic mass is 127. The molecule has 0 saturated carbocycles. The molecule has 0 unspecified atom stereocenters. The first kappa shape index (κ1) is 23.9. The number of nitrogens with one attached hydrogen (secondary N) is 2. The molecule has 7 heteroatoms. The first-order valence-electron chi connectivity index (χ1n) is 8.50. The molecule has 25 heavy (non-hydrogen) atoms. The number of halogens is 2. The zero-order chi connectivity index (χ0) is 17.6. The fourth-order valence-electron chi connectivity index (χ4n) is 2.09. The Morgan fingerprint density at radius 1 is 1.20 bits per heavy atom. The van der Waals surface area contributed by atoms with Gasteiger partial charge in [-0.2, -0.15) is 0 Å². The lowest BCUT2D eigenvalue weighted by Gasteiger charge is -2.13. The molecular formula is C18H31FIN3O2. The third kappa shape index (κ3) is 10.5. The van der Waals surface area contributed by atoms with E-state index in [2.05, 4.69) is 21.7 Å². The normalized spacial score (nSPS) is 11.0. The summed E-state index contributed by atoms with van der Waals surface area (Å²) in [5.74, 6) is 1.55. The highest BCUT2D eigenvalue weighted by Crippen LogP contribution is 2.21. The van der Waals surface area contributed by atoms with Crippen LogP contribution in [0.2, 0.25) is 0 Å². The van der Waals surface area contributed by atoms with E-state index in [-0.39, 0.29) is 30.7 Å². The van der Waals surface area contributed by atoms with Crippen molar-refractivity contribution in [1.82, 2.24) is 10.6 Å². The molecule has 0 aliphatic rings. The average Bonchev–Trinajstić information content (AvgIpc) is 2.58. The van der Waals surface area contributed by atoms with Gasteiger partial charge in [0.2, 0.25) is 0 Å². The summed E-state index contributed by atoms with van der Waals surface area (Å²) in [7, 11) is 1.69. The number of aryl methyl sites for hydroxylation is 1. The first-order chi connectivity index (χ1) is 11.7. The molecule has 1 rings (SSSR count). The Bertz CT molecular complexity index is 501. The van der Waals surface area contributed by atoms with E-state index in [1.807, 2.05) is 26.0 Å². The van der Waals surface area contributed by atoms with Crippen LogP contribution in [-0.4, -0.2) is 46.0 Å². The van der Waals surface area contributed by atoms with Crippen molar-refractivity contribution < 1.29 is 13.9 Å². The van der Waals surface area contributed by atoms with Gasteiger partial charge in [-0.15, -0.1) is 24.0 Å². The van der Waals surface area contributed by atoms with E-state index in [4.69, 9.17) is 9.47 Å². The molecule has 5 nitrogen and oxygen atoms in total. The van der Waals surface area contributed by atoms with Crippen LogP contribution >= 0.6 is 24.0 Å². The molecule has 1 aromatic rings. The zero-order valence-electron chi connectivity index (χ0n) is 15.4. The molecule has 0 fully saturated rings. The quantitative estimate of drug-likeness (QED) is 0.227. The Morgan fingerprint density at radius 2 is 2.00 bits per heavy atom. The maximum Gasteiger partial charge on any atom is 0.191 e. The topological polar surface area (TPSA) is 54.9 Å². The molecule has 0 aliphatic heterocycles. The van der Waals surface area contributed by atoms with E-state index >= 15 is 0 Å². The van der Waals surface area contributed by atoms with Crippen LogP contribution in [-0.2, 0) is 11.3 Å². The van der Waals surface area contributed by atoms with Crippen molar-refractivity contribution >= 4 is 29.9 Å². The Morgan fingerprint density at radius 3 is 2.68 bits per heavy atom. The molecule has 1 aromatic carbocycles. The number of nitrogens with zero attached hydrogens (tertiary/aromatic N) is 1. The number of benzene rings is 1. The fourth-order valence-corrected chi connectivity index (χ4v) is 2.09. The standard InChI is InChI=1S/C18H30FN3O2.HI/c1-4-20-18(21-10-5-9-19)22-14-16-8-7-15(2)13-17(16)24-12-6-11-23-3;/h7-8,13H,4-6,9-12,14H2,1-3H3,(H2,20,21,22);1H. The second-order valence-corrected chi connectivity index (χ2v) is 5.47. The summed E-state index contributed by atoms with van der Waals surface area (Å²) in [6, 6.07) is 6.12. The molecule has 2 N–H and O–H groups in total. The largest absolute Gasteiger partial charge is 0.493 e. The van der Waals surface area contributed by atoms with E-state index < -0.39 is 0 Å². The van der Waals surface area contributed by atoms with Gasteiger partial charge in [-0.3, -0.25) is 4.39 Å². The average molecular weight is 467 g/mol. The summed E-state index contributed by atoms with van der Waals surface area (Å²) in [5, 5.41) is 6.29. The van der Waals surface area contributed by atoms with Gasteiger partial charge in [-0.1, -0.05) is 12.1 Å². The second-order valence-electron chi connectivity index (χ2n) is 5.47. The van der Waals surface area contributed by atoms with Crippen LogP contribution in [0.3, 0.4) is 0 Å². The van der Waals surface area contributed by atoms with Crippen LogP contribution in [0.5, 0.6) is 5.75 Å². The molecule has 0 heterocycles. The monoisotopic (exact) mass is 467 g/mol. The smallest absolute Gasteiger partial charge is 0.191 e. The van der Waals surface area contributed by atoms with E-state index in [1.165, 1.54) is 0 Å². The summed E-state index contributed by atoms with van der Waals surface area (Å²) >= 11 is 0. The molecule has 0 atom stereocenters. The molecular weight excluding hydrogens is 436 g/mol. The molecule has 0 spiro atoms. The minimum Gasteiger partial charge on any atom is -0.493 e. The second kappa shape index (κ2) is 15.2. The molecule has 0 aromatic heterocycles. The van der Waals surface area contributed by atoms with Gasteiger partial charge in [-0.05, 0) is 31.9 Å². The summed E-state index contributed by atoms with van der Waals surface area (Å²) in [5.41, 5.74) is 2.18. The van der Waals surface area contributed by atoms with Crippen LogP contribution in [0.1, 0.15) is 30.9 Å². The van der Waals surface area contributed by atoms with E-state index in [1.54, 1.807) is 7.11 Å². The zero-order valence-corrected chi connectivity index (χ0v) is 17.8. The molecule has 0 saturated heterocycles. The first-order valence-corrected chi connectivity index (χ1v) is 8.50. The van der Waals surface area contributed by atoms with Gasteiger partial charge >= 0.3 is 0 Å². The molecule has 144 valence electrons. The minimum atomic E-state index is -0.330. The Labute approximate surface area is 167 Å². The Balaban J connectivity index is 0.00000576. The van der Waals surface area contributed by atoms with Crippen LogP contribution in [0, 0.1) is 6.92 Å². The summed E-state index contributed by atoms with van der Waals surface area (Å²) in [6.07, 6.45) is 1.32. The molecule has 0 bridgehead atoms. The third-order valence-corrected chi connectivity index (χ3v) is 3.33. The Hall–Kier alpha value is -1.09. The maximum absolute atomic E-state index is 12.2. The number of hydrogen-bond donors (Lipinski definition) is 2. The fraction of sp³-hybridized carbons (Fsp3) is 0.611. The van der Waals surface area contributed by atoms with E-state index in [0.29, 0.717) is 38.7 Å². The molecule has 0 aliphatic carbocycles. The summed E-state index contributed by atoms with van der Waals surface area (Å²) in [4.78, 5) is 4.56. The minimum absolute atomic E-state index is 0. The van der Waals surface area contributed by atoms with E-state index in [0.717, 1.165) is 29.8 Å². The van der Waals surface area contributed by atoms with Gasteiger partial charge in [0.25, 0.3) is 0 Å². The van der Waals surface area contributed by atoms with Crippen LogP contribution in [0.4, 0.5) is 4.39 Å². The lowest BCUT2D eigenvalue weighted by atomic mass is 10.1. The summed E-state index contributed by atoms with van der Waals surface area (Å²) in [6.45, 7) is 6.84. The predicted molar refractivity (Wildman–Crippen MR) is 112 cm³/mol. The van der Waals surface area contributed by atoms with Crippen LogP contribution in [0.25, 0.3) is 0 Å². The summed E-state index contributed by atoms with van der Waals surface area (Å²) < 4.78 is 23.1. The number of hydrogen-bond acceptors (Lipinski definition) is 3. The van der Waals surface area contributed by atoms with Gasteiger partial charge in [0.05, 0.1) is 19.8 Å². The highest BCUT2D eigenvalue weighted by molar-refractivity contribution is 14.0. The van der Waals surface area contributed by atoms with Gasteiger partial charge < -0.3 is 20.1 Å². The van der Waals surface area contributed by atoms with E-state index in [9.17, 15) is 4.39 Å². The Kier molecular flexibility index (Phi) is 14.5. The van der Waals surface area contributed by atoms with Gasteiger partial charge in [0.1, 0.15) is 5.75 Å². The lowest BCUT2D eigenvalue weighted by molar-refractivity contribution is 0.172. The van der Waals surface area contributed by atoms with Crippen molar-refractivity contribution in [2.24, 2.45) is 4.99 Å². The number of aliphatic imine (C=N–C) groups is 1. The van der Waals surface area contributed by atoms with Crippen LogP contribution < -0.4 is 15.4 Å². The van der Waals surface area contributed by atoms with Crippen molar-refractivity contribution in [2.45, 2.75) is 33.2 Å². The van der Waals surface area contributed by atoms with Gasteiger partial charge in [0, 0.05) is 38.8 Å². The lowest BCUT2D eigenvalue weighted by Crippen LogP contribution is -2.37. The third-order valence-electron chi connectivity index (χ3n) is 3.33. The number of rotatable bonds is 11. The molecule has 0 amide bonds. The number of ether oxygens (including phenoxy) is 2. The van der Waals surface area contributed by atoms with Crippen molar-refractivity contribution in [3.63, 3.8) is 0 Å². The number of alkyl halides is 1. The van der Waals surface area contributed by atoms with Crippen molar-refractivity contribution in [2.75, 3.05) is 40.1 Å². The van der Waals surface area contributed by atoms with Crippen molar-refractivity contribution in [1.29, 1.82) is 0 Å². The van der Waals surface area contributed by atoms with Crippen molar-refractivity contribution in [3.05, 3.63) is 29.3 Å². The van der Waals surface area contributed by atoms with Crippen LogP contribution in [0.15, 0.2) is 23.2 Å².